The number of nitrogens with two attached hydrogens (primary N) is 1. The summed E-state index contributed by atoms with van der Waals surface area (Å²) < 4.78 is 9.84. The van der Waals surface area contributed by atoms with E-state index in [1.54, 1.807) is 20.1 Å². The van der Waals surface area contributed by atoms with Gasteiger partial charge in [-0.05, 0) is 42.7 Å². The minimum Gasteiger partial charge on any atom is -0.463 e. The largest absolute Gasteiger partial charge is 0.463 e. The molecule has 0 spiro atoms. The highest BCUT2D eigenvalue weighted by Crippen LogP contribution is 2.16. The van der Waals surface area contributed by atoms with Crippen molar-refractivity contribution in [2.45, 2.75) is 13.3 Å². The van der Waals surface area contributed by atoms with Gasteiger partial charge in [0, 0.05) is 18.9 Å². The fourth-order valence-electron chi connectivity index (χ4n) is 1.51. The Kier molecular flexibility index (Phi) is 5.94. The number of anilines is 1. The normalized spacial score (nSPS) is 10.8. The van der Waals surface area contributed by atoms with Crippen LogP contribution >= 0.6 is 0 Å². The molecule has 0 fully saturated rings. The van der Waals surface area contributed by atoms with Crippen molar-refractivity contribution in [3.63, 3.8) is 0 Å². The maximum absolute atomic E-state index is 11.2. The summed E-state index contributed by atoms with van der Waals surface area (Å²) in [5, 5.41) is 0. The number of esters is 1. The SMILES string of the molecule is CCOC(=O)C=Cc1ccc(N)c(CCOC)c1. The van der Waals surface area contributed by atoms with Crippen LogP contribution in [-0.2, 0) is 20.7 Å². The summed E-state index contributed by atoms with van der Waals surface area (Å²) in [6.45, 7) is 2.77. The molecule has 1 aromatic rings. The molecule has 98 valence electrons. The number of benzene rings is 1. The summed E-state index contributed by atoms with van der Waals surface area (Å²) in [4.78, 5) is 11.2. The first kappa shape index (κ1) is 14.3. The first-order valence-corrected chi connectivity index (χ1v) is 5.89. The Morgan fingerprint density at radius 1 is 1.44 bits per heavy atom. The van der Waals surface area contributed by atoms with E-state index in [1.807, 2.05) is 18.2 Å². The Morgan fingerprint density at radius 3 is 2.89 bits per heavy atom. The fraction of sp³-hybridized carbons (Fsp3) is 0.357. The number of hydrogen-bond acceptors (Lipinski definition) is 4. The van der Waals surface area contributed by atoms with E-state index in [4.69, 9.17) is 15.2 Å². The predicted molar refractivity (Wildman–Crippen MR) is 72.1 cm³/mol. The molecule has 4 heteroatoms. The number of rotatable bonds is 6. The van der Waals surface area contributed by atoms with E-state index in [-0.39, 0.29) is 5.97 Å². The third-order valence-electron chi connectivity index (χ3n) is 2.44. The van der Waals surface area contributed by atoms with Crippen molar-refractivity contribution >= 4 is 17.7 Å². The third-order valence-corrected chi connectivity index (χ3v) is 2.44. The molecule has 0 aliphatic carbocycles. The summed E-state index contributed by atoms with van der Waals surface area (Å²) in [5.41, 5.74) is 8.54. The van der Waals surface area contributed by atoms with Crippen molar-refractivity contribution in [1.29, 1.82) is 0 Å². The topological polar surface area (TPSA) is 61.5 Å². The van der Waals surface area contributed by atoms with Gasteiger partial charge in [-0.15, -0.1) is 0 Å². The second-order valence-electron chi connectivity index (χ2n) is 3.79. The minimum absolute atomic E-state index is 0.340. The molecule has 18 heavy (non-hydrogen) atoms. The molecule has 0 unspecified atom stereocenters. The molecular formula is C14H19NO3. The molecule has 0 atom stereocenters. The van der Waals surface area contributed by atoms with E-state index in [1.165, 1.54) is 6.08 Å². The van der Waals surface area contributed by atoms with E-state index >= 15 is 0 Å². The van der Waals surface area contributed by atoms with Crippen LogP contribution in [0.4, 0.5) is 5.69 Å². The van der Waals surface area contributed by atoms with E-state index in [9.17, 15) is 4.79 Å². The maximum Gasteiger partial charge on any atom is 0.330 e. The fourth-order valence-corrected chi connectivity index (χ4v) is 1.51. The smallest absolute Gasteiger partial charge is 0.330 e. The van der Waals surface area contributed by atoms with Gasteiger partial charge in [-0.3, -0.25) is 0 Å². The van der Waals surface area contributed by atoms with Crippen LogP contribution in [0.2, 0.25) is 0 Å². The lowest BCUT2D eigenvalue weighted by Gasteiger charge is -2.06. The quantitative estimate of drug-likeness (QED) is 0.476. The van der Waals surface area contributed by atoms with Crippen molar-refractivity contribution in [2.75, 3.05) is 26.1 Å². The van der Waals surface area contributed by atoms with Gasteiger partial charge >= 0.3 is 5.97 Å². The molecule has 0 aliphatic heterocycles. The number of methoxy groups -OCH3 is 1. The first-order valence-electron chi connectivity index (χ1n) is 5.89. The van der Waals surface area contributed by atoms with Crippen LogP contribution in [0.1, 0.15) is 18.1 Å². The molecule has 0 saturated heterocycles. The highest BCUT2D eigenvalue weighted by Gasteiger charge is 2.00. The summed E-state index contributed by atoms with van der Waals surface area (Å²) in [5.74, 6) is -0.340. The summed E-state index contributed by atoms with van der Waals surface area (Å²) in [7, 11) is 1.65. The van der Waals surface area contributed by atoms with E-state index in [0.29, 0.717) is 13.2 Å². The number of nitrogen functional groups attached to an aromatic ring is 1. The lowest BCUT2D eigenvalue weighted by atomic mass is 10.1. The van der Waals surface area contributed by atoms with Gasteiger partial charge in [0.1, 0.15) is 0 Å². The van der Waals surface area contributed by atoms with Crippen molar-refractivity contribution in [3.8, 4) is 0 Å². The molecule has 2 N–H and O–H groups in total. The molecule has 0 aromatic heterocycles. The maximum atomic E-state index is 11.2. The average molecular weight is 249 g/mol. The van der Waals surface area contributed by atoms with Crippen LogP contribution in [0.3, 0.4) is 0 Å². The number of carbonyl (C=O) groups excluding carboxylic acids is 1. The lowest BCUT2D eigenvalue weighted by molar-refractivity contribution is -0.137. The van der Waals surface area contributed by atoms with Crippen LogP contribution < -0.4 is 5.73 Å². The molecular weight excluding hydrogens is 230 g/mol. The van der Waals surface area contributed by atoms with Crippen LogP contribution in [0.25, 0.3) is 6.08 Å². The van der Waals surface area contributed by atoms with Gasteiger partial charge in [-0.25, -0.2) is 4.79 Å². The van der Waals surface area contributed by atoms with Crippen molar-refractivity contribution in [1.82, 2.24) is 0 Å². The van der Waals surface area contributed by atoms with Crippen LogP contribution in [0, 0.1) is 0 Å². The van der Waals surface area contributed by atoms with Crippen LogP contribution in [0.5, 0.6) is 0 Å². The second kappa shape index (κ2) is 7.50. The molecule has 0 aliphatic rings. The standard InChI is InChI=1S/C14H19NO3/c1-3-18-14(16)7-5-11-4-6-13(15)12(10-11)8-9-17-2/h4-7,10H,3,8-9,15H2,1-2H3. The van der Waals surface area contributed by atoms with Gasteiger partial charge in [0.25, 0.3) is 0 Å². The van der Waals surface area contributed by atoms with Crippen molar-refractivity contribution in [3.05, 3.63) is 35.4 Å². The molecule has 0 radical (unpaired) electrons. The zero-order valence-corrected chi connectivity index (χ0v) is 10.8. The number of hydrogen-bond donors (Lipinski definition) is 1. The summed E-state index contributed by atoms with van der Waals surface area (Å²) >= 11 is 0. The first-order chi connectivity index (χ1) is 8.67. The molecule has 1 aromatic carbocycles. The van der Waals surface area contributed by atoms with Crippen molar-refractivity contribution in [2.24, 2.45) is 0 Å². The van der Waals surface area contributed by atoms with Crippen molar-refractivity contribution < 1.29 is 14.3 Å². The second-order valence-corrected chi connectivity index (χ2v) is 3.79. The monoisotopic (exact) mass is 249 g/mol. The van der Waals surface area contributed by atoms with E-state index in [2.05, 4.69) is 0 Å². The Hall–Kier alpha value is -1.81. The van der Waals surface area contributed by atoms with E-state index < -0.39 is 0 Å². The van der Waals surface area contributed by atoms with E-state index in [0.717, 1.165) is 23.2 Å². The number of carbonyl (C=O) groups is 1. The number of ether oxygens (including phenoxy) is 2. The Labute approximate surface area is 107 Å². The third kappa shape index (κ3) is 4.59. The Morgan fingerprint density at radius 2 is 2.22 bits per heavy atom. The van der Waals surface area contributed by atoms with Gasteiger partial charge in [0.05, 0.1) is 13.2 Å². The molecule has 4 nitrogen and oxygen atoms in total. The summed E-state index contributed by atoms with van der Waals surface area (Å²) in [6.07, 6.45) is 3.88. The zero-order valence-electron chi connectivity index (χ0n) is 10.8. The Bertz CT molecular complexity index is 427. The van der Waals surface area contributed by atoms with Crippen LogP contribution in [-0.4, -0.2) is 26.3 Å². The lowest BCUT2D eigenvalue weighted by Crippen LogP contribution is -2.00. The van der Waals surface area contributed by atoms with Crippen LogP contribution in [0.15, 0.2) is 24.3 Å². The van der Waals surface area contributed by atoms with Gasteiger partial charge in [-0.2, -0.15) is 0 Å². The van der Waals surface area contributed by atoms with Gasteiger partial charge in [0.15, 0.2) is 0 Å². The zero-order chi connectivity index (χ0) is 13.4. The highest BCUT2D eigenvalue weighted by molar-refractivity contribution is 5.87. The average Bonchev–Trinajstić information content (AvgIpc) is 2.36. The molecule has 1 rings (SSSR count). The molecule has 0 bridgehead atoms. The molecule has 0 heterocycles. The molecule has 0 saturated carbocycles. The molecule has 0 amide bonds. The predicted octanol–water partition coefficient (Wildman–Crippen LogP) is 2.03. The van der Waals surface area contributed by atoms with Gasteiger partial charge in [-0.1, -0.05) is 6.07 Å². The van der Waals surface area contributed by atoms with Gasteiger partial charge < -0.3 is 15.2 Å². The summed E-state index contributed by atoms with van der Waals surface area (Å²) in [6, 6.07) is 5.64. The minimum atomic E-state index is -0.340. The highest BCUT2D eigenvalue weighted by atomic mass is 16.5. The Balaban J connectivity index is 2.75. The van der Waals surface area contributed by atoms with Gasteiger partial charge in [0.2, 0.25) is 0 Å².